The summed E-state index contributed by atoms with van der Waals surface area (Å²) in [6.07, 6.45) is 3.23. The van der Waals surface area contributed by atoms with Crippen molar-refractivity contribution in [2.45, 2.75) is 37.0 Å². The molecular formula is C17H25BrN2O4S. The Kier molecular flexibility index (Phi) is 5.72. The van der Waals surface area contributed by atoms with Gasteiger partial charge in [0.25, 0.3) is 0 Å². The Bertz CT molecular complexity index is 719. The molecule has 140 valence electrons. The first-order valence-corrected chi connectivity index (χ1v) is 11.4. The van der Waals surface area contributed by atoms with E-state index in [1.807, 2.05) is 12.1 Å². The van der Waals surface area contributed by atoms with E-state index in [0.29, 0.717) is 43.9 Å². The Hall–Kier alpha value is -0.700. The van der Waals surface area contributed by atoms with Gasteiger partial charge in [0.15, 0.2) is 9.84 Å². The molecule has 3 rings (SSSR count). The van der Waals surface area contributed by atoms with Gasteiger partial charge in [-0.2, -0.15) is 0 Å². The number of morpholine rings is 1. The highest BCUT2D eigenvalue weighted by Gasteiger charge is 2.44. The summed E-state index contributed by atoms with van der Waals surface area (Å²) in [5, 5.41) is 0. The van der Waals surface area contributed by atoms with Crippen molar-refractivity contribution >= 4 is 31.6 Å². The number of rotatable bonds is 4. The van der Waals surface area contributed by atoms with E-state index < -0.39 is 14.6 Å². The Morgan fingerprint density at radius 1 is 1.28 bits per heavy atom. The van der Waals surface area contributed by atoms with Gasteiger partial charge in [-0.3, -0.25) is 0 Å². The monoisotopic (exact) mass is 432 g/mol. The number of pyridine rings is 1. The molecule has 2 fully saturated rings. The first-order valence-electron chi connectivity index (χ1n) is 8.67. The van der Waals surface area contributed by atoms with Gasteiger partial charge in [0.1, 0.15) is 15.2 Å². The third-order valence-corrected chi connectivity index (χ3v) is 7.78. The van der Waals surface area contributed by atoms with E-state index in [1.165, 1.54) is 6.26 Å². The zero-order chi connectivity index (χ0) is 18.1. The molecule has 2 aliphatic heterocycles. The fraction of sp³-hybridized carbons (Fsp3) is 0.706. The van der Waals surface area contributed by atoms with Crippen molar-refractivity contribution in [1.29, 1.82) is 0 Å². The Labute approximate surface area is 157 Å². The standard InChI is InChI=1S/C17H25BrN2O4S/c1-3-14-12-24-9-6-20(14)16-11-13(10-15(18)19-16)17(25(2,21)22)4-7-23-8-5-17/h10-11,14H,3-9,12H2,1-2H3. The maximum Gasteiger partial charge on any atom is 0.157 e. The summed E-state index contributed by atoms with van der Waals surface area (Å²) in [4.78, 5) is 6.85. The molecule has 0 radical (unpaired) electrons. The molecule has 1 unspecified atom stereocenters. The second kappa shape index (κ2) is 7.50. The van der Waals surface area contributed by atoms with Crippen LogP contribution in [0.15, 0.2) is 16.7 Å². The topological polar surface area (TPSA) is 68.7 Å². The van der Waals surface area contributed by atoms with Crippen LogP contribution in [0.1, 0.15) is 31.7 Å². The average molecular weight is 433 g/mol. The molecule has 25 heavy (non-hydrogen) atoms. The van der Waals surface area contributed by atoms with Crippen LogP contribution >= 0.6 is 15.9 Å². The summed E-state index contributed by atoms with van der Waals surface area (Å²) in [6.45, 7) is 5.13. The van der Waals surface area contributed by atoms with Crippen LogP contribution < -0.4 is 4.90 Å². The molecule has 0 spiro atoms. The normalized spacial score (nSPS) is 24.3. The van der Waals surface area contributed by atoms with Crippen LogP contribution in [0, 0.1) is 0 Å². The quantitative estimate of drug-likeness (QED) is 0.680. The second-order valence-corrected chi connectivity index (χ2v) is 9.88. The summed E-state index contributed by atoms with van der Waals surface area (Å²) in [7, 11) is -3.30. The Balaban J connectivity index is 2.06. The lowest BCUT2D eigenvalue weighted by Gasteiger charge is -2.39. The van der Waals surface area contributed by atoms with E-state index in [1.54, 1.807) is 0 Å². The molecule has 1 aromatic heterocycles. The fourth-order valence-electron chi connectivity index (χ4n) is 3.76. The highest BCUT2D eigenvalue weighted by Crippen LogP contribution is 2.41. The molecule has 1 aromatic rings. The molecule has 1 atom stereocenters. The van der Waals surface area contributed by atoms with Gasteiger partial charge < -0.3 is 14.4 Å². The fourth-order valence-corrected chi connectivity index (χ4v) is 5.65. The third kappa shape index (κ3) is 3.72. The highest BCUT2D eigenvalue weighted by atomic mass is 79.9. The van der Waals surface area contributed by atoms with Crippen molar-refractivity contribution in [2.24, 2.45) is 0 Å². The van der Waals surface area contributed by atoms with E-state index >= 15 is 0 Å². The second-order valence-electron chi connectivity index (χ2n) is 6.75. The SMILES string of the molecule is CCC1COCCN1c1cc(C2(S(C)(=O)=O)CCOCC2)cc(Br)n1. The first kappa shape index (κ1) is 19.1. The Morgan fingerprint density at radius 2 is 2.00 bits per heavy atom. The molecule has 0 amide bonds. The summed E-state index contributed by atoms with van der Waals surface area (Å²) < 4.78 is 36.2. The van der Waals surface area contributed by atoms with E-state index in [4.69, 9.17) is 9.47 Å². The van der Waals surface area contributed by atoms with Crippen LogP contribution in [0.5, 0.6) is 0 Å². The molecule has 0 saturated carbocycles. The van der Waals surface area contributed by atoms with E-state index in [-0.39, 0.29) is 6.04 Å². The largest absolute Gasteiger partial charge is 0.381 e. The van der Waals surface area contributed by atoms with Crippen molar-refractivity contribution in [2.75, 3.05) is 44.1 Å². The number of hydrogen-bond donors (Lipinski definition) is 0. The molecule has 3 heterocycles. The average Bonchev–Trinajstić information content (AvgIpc) is 2.61. The van der Waals surface area contributed by atoms with Gasteiger partial charge in [0, 0.05) is 26.0 Å². The van der Waals surface area contributed by atoms with Crippen molar-refractivity contribution in [3.8, 4) is 0 Å². The number of hydrogen-bond acceptors (Lipinski definition) is 6. The van der Waals surface area contributed by atoms with Crippen LogP contribution in [0.3, 0.4) is 0 Å². The van der Waals surface area contributed by atoms with E-state index in [0.717, 1.165) is 24.3 Å². The first-order chi connectivity index (χ1) is 11.9. The zero-order valence-electron chi connectivity index (χ0n) is 14.7. The number of anilines is 1. The lowest BCUT2D eigenvalue weighted by atomic mass is 9.91. The molecule has 8 heteroatoms. The lowest BCUT2D eigenvalue weighted by Crippen LogP contribution is -2.46. The number of halogens is 1. The minimum absolute atomic E-state index is 0.257. The molecule has 0 N–H and O–H groups in total. The predicted molar refractivity (Wildman–Crippen MR) is 101 cm³/mol. The summed E-state index contributed by atoms with van der Waals surface area (Å²) in [6, 6.07) is 4.05. The molecule has 6 nitrogen and oxygen atoms in total. The van der Waals surface area contributed by atoms with Crippen molar-refractivity contribution < 1.29 is 17.9 Å². The van der Waals surface area contributed by atoms with E-state index in [2.05, 4.69) is 32.7 Å². The van der Waals surface area contributed by atoms with Crippen molar-refractivity contribution in [3.63, 3.8) is 0 Å². The summed E-state index contributed by atoms with van der Waals surface area (Å²) in [5.41, 5.74) is 0.802. The number of nitrogens with zero attached hydrogens (tertiary/aromatic N) is 2. The van der Waals surface area contributed by atoms with Crippen LogP contribution in [0.25, 0.3) is 0 Å². The summed E-state index contributed by atoms with van der Waals surface area (Å²) >= 11 is 3.48. The molecule has 2 saturated heterocycles. The number of sulfone groups is 1. The van der Waals surface area contributed by atoms with Crippen molar-refractivity contribution in [3.05, 3.63) is 22.3 Å². The van der Waals surface area contributed by atoms with Gasteiger partial charge in [-0.25, -0.2) is 13.4 Å². The predicted octanol–water partition coefficient (Wildman–Crippen LogP) is 2.51. The van der Waals surface area contributed by atoms with Crippen LogP contribution in [-0.2, 0) is 24.1 Å². The maximum absolute atomic E-state index is 12.7. The molecule has 2 aliphatic rings. The van der Waals surface area contributed by atoms with E-state index in [9.17, 15) is 8.42 Å². The third-order valence-electron chi connectivity index (χ3n) is 5.31. The van der Waals surface area contributed by atoms with Crippen LogP contribution in [0.2, 0.25) is 0 Å². The minimum atomic E-state index is -3.30. The van der Waals surface area contributed by atoms with Gasteiger partial charge in [0.05, 0.1) is 19.3 Å². The molecular weight excluding hydrogens is 408 g/mol. The maximum atomic E-state index is 12.7. The minimum Gasteiger partial charge on any atom is -0.381 e. The molecule has 0 aliphatic carbocycles. The van der Waals surface area contributed by atoms with Gasteiger partial charge in [-0.1, -0.05) is 6.92 Å². The van der Waals surface area contributed by atoms with Crippen LogP contribution in [0.4, 0.5) is 5.82 Å². The molecule has 0 aromatic carbocycles. The van der Waals surface area contributed by atoms with Gasteiger partial charge in [-0.15, -0.1) is 0 Å². The zero-order valence-corrected chi connectivity index (χ0v) is 17.1. The smallest absolute Gasteiger partial charge is 0.157 e. The Morgan fingerprint density at radius 3 is 2.64 bits per heavy atom. The van der Waals surface area contributed by atoms with Gasteiger partial charge >= 0.3 is 0 Å². The number of ether oxygens (including phenoxy) is 2. The van der Waals surface area contributed by atoms with Gasteiger partial charge in [-0.05, 0) is 52.9 Å². The van der Waals surface area contributed by atoms with Crippen LogP contribution in [-0.4, -0.2) is 58.7 Å². The van der Waals surface area contributed by atoms with Crippen molar-refractivity contribution in [1.82, 2.24) is 4.98 Å². The van der Waals surface area contributed by atoms with Gasteiger partial charge in [0.2, 0.25) is 0 Å². The summed E-state index contributed by atoms with van der Waals surface area (Å²) in [5.74, 6) is 0.814. The lowest BCUT2D eigenvalue weighted by molar-refractivity contribution is 0.0741. The number of aromatic nitrogens is 1. The molecule has 0 bridgehead atoms. The highest BCUT2D eigenvalue weighted by molar-refractivity contribution is 9.10.